The van der Waals surface area contributed by atoms with Crippen LogP contribution in [0.1, 0.15) is 55.3 Å². The third kappa shape index (κ3) is 4.17. The van der Waals surface area contributed by atoms with E-state index in [9.17, 15) is 24.3 Å². The SMILES string of the molecule is CCOC(=O)c1cccc(-c2ccc(C(=O)O)c(C(=O)O)c2)c1C(=O)OCC. The Morgan fingerprint density at radius 2 is 1.39 bits per heavy atom. The number of ether oxygens (including phenoxy) is 2. The van der Waals surface area contributed by atoms with Gasteiger partial charge in [0.05, 0.1) is 35.5 Å². The highest BCUT2D eigenvalue weighted by atomic mass is 16.5. The molecule has 0 atom stereocenters. The Kier molecular flexibility index (Phi) is 6.49. The van der Waals surface area contributed by atoms with Gasteiger partial charge < -0.3 is 19.7 Å². The molecule has 0 saturated carbocycles. The van der Waals surface area contributed by atoms with E-state index in [0.717, 1.165) is 12.1 Å². The first kappa shape index (κ1) is 20.6. The first-order valence-corrected chi connectivity index (χ1v) is 8.40. The zero-order valence-electron chi connectivity index (χ0n) is 15.2. The lowest BCUT2D eigenvalue weighted by molar-refractivity contribution is 0.0479. The minimum absolute atomic E-state index is 0.0306. The molecule has 0 aliphatic rings. The molecule has 146 valence electrons. The topological polar surface area (TPSA) is 127 Å². The van der Waals surface area contributed by atoms with E-state index in [4.69, 9.17) is 14.6 Å². The summed E-state index contributed by atoms with van der Waals surface area (Å²) in [4.78, 5) is 47.5. The van der Waals surface area contributed by atoms with Crippen molar-refractivity contribution in [2.45, 2.75) is 13.8 Å². The highest BCUT2D eigenvalue weighted by Crippen LogP contribution is 2.30. The first-order valence-electron chi connectivity index (χ1n) is 8.40. The van der Waals surface area contributed by atoms with Crippen molar-refractivity contribution < 1.29 is 38.9 Å². The molecule has 8 nitrogen and oxygen atoms in total. The van der Waals surface area contributed by atoms with Crippen molar-refractivity contribution in [3.8, 4) is 11.1 Å². The fourth-order valence-corrected chi connectivity index (χ4v) is 2.67. The lowest BCUT2D eigenvalue weighted by Crippen LogP contribution is -2.15. The van der Waals surface area contributed by atoms with E-state index in [0.29, 0.717) is 0 Å². The van der Waals surface area contributed by atoms with E-state index in [1.54, 1.807) is 13.8 Å². The first-order chi connectivity index (χ1) is 13.3. The third-order valence-corrected chi connectivity index (χ3v) is 3.83. The number of esters is 2. The van der Waals surface area contributed by atoms with Crippen molar-refractivity contribution in [3.05, 3.63) is 58.7 Å². The number of carboxylic acid groups (broad SMARTS) is 2. The van der Waals surface area contributed by atoms with E-state index >= 15 is 0 Å². The Bertz CT molecular complexity index is 945. The van der Waals surface area contributed by atoms with Crippen LogP contribution in [0.5, 0.6) is 0 Å². The van der Waals surface area contributed by atoms with E-state index in [2.05, 4.69) is 0 Å². The van der Waals surface area contributed by atoms with E-state index in [1.165, 1.54) is 24.3 Å². The molecule has 0 heterocycles. The van der Waals surface area contributed by atoms with Crippen molar-refractivity contribution in [1.29, 1.82) is 0 Å². The van der Waals surface area contributed by atoms with Crippen LogP contribution < -0.4 is 0 Å². The van der Waals surface area contributed by atoms with Crippen LogP contribution in [-0.4, -0.2) is 47.3 Å². The molecule has 2 aromatic carbocycles. The molecule has 0 bridgehead atoms. The predicted molar refractivity (Wildman–Crippen MR) is 97.7 cm³/mol. The van der Waals surface area contributed by atoms with Crippen LogP contribution in [-0.2, 0) is 9.47 Å². The molecule has 0 saturated heterocycles. The van der Waals surface area contributed by atoms with Crippen LogP contribution in [0.15, 0.2) is 36.4 Å². The van der Waals surface area contributed by atoms with E-state index in [-0.39, 0.29) is 35.5 Å². The number of rotatable bonds is 7. The monoisotopic (exact) mass is 386 g/mol. The maximum absolute atomic E-state index is 12.5. The zero-order valence-corrected chi connectivity index (χ0v) is 15.2. The van der Waals surface area contributed by atoms with Gasteiger partial charge in [-0.3, -0.25) is 0 Å². The highest BCUT2D eigenvalue weighted by molar-refractivity contribution is 6.09. The molecule has 28 heavy (non-hydrogen) atoms. The van der Waals surface area contributed by atoms with Crippen molar-refractivity contribution >= 4 is 23.9 Å². The van der Waals surface area contributed by atoms with E-state index in [1.807, 2.05) is 0 Å². The Hall–Kier alpha value is -3.68. The highest BCUT2D eigenvalue weighted by Gasteiger charge is 2.25. The minimum atomic E-state index is -1.43. The standard InChI is InChI=1S/C20H18O8/c1-3-27-19(25)14-7-5-6-12(16(14)20(26)28-4-2)11-8-9-13(17(21)22)15(10-11)18(23)24/h5-10H,3-4H2,1-2H3,(H,21,22)(H,23,24). The molecule has 0 fully saturated rings. The molecule has 2 rings (SSSR count). The van der Waals surface area contributed by atoms with Gasteiger partial charge in [-0.15, -0.1) is 0 Å². The van der Waals surface area contributed by atoms with Gasteiger partial charge in [0.2, 0.25) is 0 Å². The molecule has 0 aliphatic heterocycles. The largest absolute Gasteiger partial charge is 0.478 e. The van der Waals surface area contributed by atoms with Crippen LogP contribution in [0.2, 0.25) is 0 Å². The molecule has 0 radical (unpaired) electrons. The molecule has 0 amide bonds. The molecular weight excluding hydrogens is 368 g/mol. The maximum Gasteiger partial charge on any atom is 0.339 e. The molecular formula is C20H18O8. The predicted octanol–water partition coefficient (Wildman–Crippen LogP) is 3.10. The lowest BCUT2D eigenvalue weighted by atomic mass is 9.92. The fourth-order valence-electron chi connectivity index (χ4n) is 2.67. The number of benzene rings is 2. The van der Waals surface area contributed by atoms with Crippen molar-refractivity contribution in [3.63, 3.8) is 0 Å². The van der Waals surface area contributed by atoms with Gasteiger partial charge in [0, 0.05) is 0 Å². The second kappa shape index (κ2) is 8.81. The molecule has 2 aromatic rings. The van der Waals surface area contributed by atoms with Gasteiger partial charge in [0.1, 0.15) is 0 Å². The van der Waals surface area contributed by atoms with Crippen LogP contribution in [0.3, 0.4) is 0 Å². The van der Waals surface area contributed by atoms with Crippen LogP contribution in [0.4, 0.5) is 0 Å². The molecule has 0 aliphatic carbocycles. The van der Waals surface area contributed by atoms with Gasteiger partial charge in [-0.2, -0.15) is 0 Å². The summed E-state index contributed by atoms with van der Waals surface area (Å²) in [6, 6.07) is 8.05. The summed E-state index contributed by atoms with van der Waals surface area (Å²) in [6.45, 7) is 3.39. The van der Waals surface area contributed by atoms with Gasteiger partial charge >= 0.3 is 23.9 Å². The third-order valence-electron chi connectivity index (χ3n) is 3.83. The summed E-state index contributed by atoms with van der Waals surface area (Å²) < 4.78 is 10.0. The van der Waals surface area contributed by atoms with Crippen LogP contribution in [0.25, 0.3) is 11.1 Å². The Labute approximate surface area is 160 Å². The van der Waals surface area contributed by atoms with E-state index < -0.39 is 35.0 Å². The van der Waals surface area contributed by atoms with Gasteiger partial charge in [0.25, 0.3) is 0 Å². The fraction of sp³-hybridized carbons (Fsp3) is 0.200. The molecule has 0 unspecified atom stereocenters. The summed E-state index contributed by atoms with van der Waals surface area (Å²) in [6.07, 6.45) is 0. The number of aromatic carboxylic acids is 2. The van der Waals surface area contributed by atoms with Gasteiger partial charge in [-0.05, 0) is 43.2 Å². The maximum atomic E-state index is 12.5. The minimum Gasteiger partial charge on any atom is -0.478 e. The second-order valence-electron chi connectivity index (χ2n) is 5.54. The number of carbonyl (C=O) groups is 4. The Balaban J connectivity index is 2.74. The van der Waals surface area contributed by atoms with Gasteiger partial charge in [-0.25, -0.2) is 19.2 Å². The molecule has 8 heteroatoms. The van der Waals surface area contributed by atoms with Gasteiger partial charge in [-0.1, -0.05) is 18.2 Å². The van der Waals surface area contributed by atoms with Crippen LogP contribution >= 0.6 is 0 Å². The summed E-state index contributed by atoms with van der Waals surface area (Å²) in [5.41, 5.74) is -0.476. The Morgan fingerprint density at radius 3 is 1.96 bits per heavy atom. The summed E-state index contributed by atoms with van der Waals surface area (Å²) in [5, 5.41) is 18.5. The number of hydrogen-bond acceptors (Lipinski definition) is 6. The van der Waals surface area contributed by atoms with Crippen molar-refractivity contribution in [2.24, 2.45) is 0 Å². The average Bonchev–Trinajstić information content (AvgIpc) is 2.67. The van der Waals surface area contributed by atoms with Crippen molar-refractivity contribution in [2.75, 3.05) is 13.2 Å². The number of hydrogen-bond donors (Lipinski definition) is 2. The molecule has 0 aromatic heterocycles. The number of carboxylic acids is 2. The second-order valence-corrected chi connectivity index (χ2v) is 5.54. The smallest absolute Gasteiger partial charge is 0.339 e. The zero-order chi connectivity index (χ0) is 20.8. The Morgan fingerprint density at radius 1 is 0.786 bits per heavy atom. The summed E-state index contributed by atoms with van der Waals surface area (Å²) in [5.74, 6) is -4.33. The summed E-state index contributed by atoms with van der Waals surface area (Å²) >= 11 is 0. The molecule has 2 N–H and O–H groups in total. The summed E-state index contributed by atoms with van der Waals surface area (Å²) in [7, 11) is 0. The van der Waals surface area contributed by atoms with Crippen molar-refractivity contribution in [1.82, 2.24) is 0 Å². The van der Waals surface area contributed by atoms with Crippen LogP contribution in [0, 0.1) is 0 Å². The lowest BCUT2D eigenvalue weighted by Gasteiger charge is -2.14. The quantitative estimate of drug-likeness (QED) is 0.695. The van der Waals surface area contributed by atoms with Gasteiger partial charge in [0.15, 0.2) is 0 Å². The normalized spacial score (nSPS) is 10.2. The number of carbonyl (C=O) groups excluding carboxylic acids is 2. The average molecular weight is 386 g/mol. The molecule has 0 spiro atoms.